The van der Waals surface area contributed by atoms with Crippen LogP contribution in [-0.4, -0.2) is 14.5 Å². The van der Waals surface area contributed by atoms with Gasteiger partial charge in [0.2, 0.25) is 0 Å². The molecule has 0 saturated carbocycles. The maximum atomic E-state index is 8.03. The zero-order valence-corrected chi connectivity index (χ0v) is 25.7. The predicted octanol–water partition coefficient (Wildman–Crippen LogP) is 12.1. The number of fused-ring (bicyclic) bond motifs is 7. The first-order valence-corrected chi connectivity index (χ1v) is 16.6. The van der Waals surface area contributed by atoms with Crippen LogP contribution in [0.2, 0.25) is 0 Å². The summed E-state index contributed by atoms with van der Waals surface area (Å²) in [5, 5.41) is 11.1. The van der Waals surface area contributed by atoms with Gasteiger partial charge in [-0.1, -0.05) is 0 Å². The van der Waals surface area contributed by atoms with Crippen LogP contribution in [0.1, 0.15) is 0 Å². The molecule has 8 aromatic carbocycles. The summed E-state index contributed by atoms with van der Waals surface area (Å²) in [6.07, 6.45) is 0. The summed E-state index contributed by atoms with van der Waals surface area (Å²) in [6.45, 7) is 16.0. The van der Waals surface area contributed by atoms with Gasteiger partial charge in [0.15, 0.2) is 0 Å². The SMILES string of the molecule is [C-]#[N+]c1c2ccccc2c(-c2ccc3c(c2)[se]c2cccc(-c4c5ccccc5c([N+]#[C-])c5ccccc45)c23)c2ccccc12. The molecule has 9 rings (SSSR count). The molecule has 1 heterocycles. The fraction of sp³-hybridized carbons (Fsp3) is 0. The molecule has 0 bridgehead atoms. The van der Waals surface area contributed by atoms with E-state index in [-0.39, 0.29) is 14.5 Å². The molecular formula is C42H22N2Se. The monoisotopic (exact) mass is 634 g/mol. The van der Waals surface area contributed by atoms with Crippen molar-refractivity contribution in [1.29, 1.82) is 0 Å². The summed E-state index contributed by atoms with van der Waals surface area (Å²) in [6, 6.07) is 47.1. The molecule has 0 fully saturated rings. The Balaban J connectivity index is 1.36. The molecule has 0 radical (unpaired) electrons. The molecule has 45 heavy (non-hydrogen) atoms. The summed E-state index contributed by atoms with van der Waals surface area (Å²) in [5.41, 5.74) is 6.24. The van der Waals surface area contributed by atoms with Crippen molar-refractivity contribution in [3.63, 3.8) is 0 Å². The van der Waals surface area contributed by atoms with Gasteiger partial charge in [0.1, 0.15) is 0 Å². The normalized spacial score (nSPS) is 11.5. The van der Waals surface area contributed by atoms with Crippen LogP contribution in [0, 0.1) is 13.1 Å². The molecule has 0 saturated heterocycles. The van der Waals surface area contributed by atoms with Gasteiger partial charge in [0, 0.05) is 0 Å². The molecule has 0 atom stereocenters. The van der Waals surface area contributed by atoms with E-state index in [2.05, 4.69) is 119 Å². The predicted molar refractivity (Wildman–Crippen MR) is 192 cm³/mol. The van der Waals surface area contributed by atoms with E-state index >= 15 is 0 Å². The van der Waals surface area contributed by atoms with Crippen molar-refractivity contribution < 1.29 is 0 Å². The van der Waals surface area contributed by atoms with E-state index in [1.807, 2.05) is 24.3 Å². The first-order chi connectivity index (χ1) is 22.3. The van der Waals surface area contributed by atoms with E-state index in [9.17, 15) is 0 Å². The zero-order valence-electron chi connectivity index (χ0n) is 24.0. The van der Waals surface area contributed by atoms with Crippen molar-refractivity contribution in [3.8, 4) is 22.3 Å². The maximum absolute atomic E-state index is 8.03. The Bertz CT molecular complexity index is 2680. The number of benzene rings is 8. The molecule has 0 aliphatic rings. The van der Waals surface area contributed by atoms with E-state index < -0.39 is 0 Å². The molecule has 3 heteroatoms. The molecular weight excluding hydrogens is 611 g/mol. The third-order valence-corrected chi connectivity index (χ3v) is 11.4. The minimum absolute atomic E-state index is 0.140. The fourth-order valence-corrected chi connectivity index (χ4v) is 9.70. The molecule has 0 unspecified atom stereocenters. The molecule has 0 aliphatic heterocycles. The molecule has 2 nitrogen and oxygen atoms in total. The fourth-order valence-electron chi connectivity index (χ4n) is 7.24. The van der Waals surface area contributed by atoms with Crippen molar-refractivity contribution in [2.75, 3.05) is 0 Å². The molecule has 206 valence electrons. The van der Waals surface area contributed by atoms with Crippen LogP contribution >= 0.6 is 0 Å². The Hall–Kier alpha value is -5.70. The summed E-state index contributed by atoms with van der Waals surface area (Å²) in [5.74, 6) is 0. The van der Waals surface area contributed by atoms with Crippen LogP contribution in [0.25, 0.3) is 94.3 Å². The zero-order chi connectivity index (χ0) is 30.1. The van der Waals surface area contributed by atoms with Gasteiger partial charge >= 0.3 is 267 Å². The van der Waals surface area contributed by atoms with E-state index in [0.717, 1.165) is 54.5 Å². The van der Waals surface area contributed by atoms with Crippen LogP contribution in [-0.2, 0) is 0 Å². The molecule has 0 spiro atoms. The van der Waals surface area contributed by atoms with Gasteiger partial charge in [0.05, 0.1) is 0 Å². The topological polar surface area (TPSA) is 8.72 Å². The van der Waals surface area contributed by atoms with Gasteiger partial charge in [-0.05, 0) is 0 Å². The van der Waals surface area contributed by atoms with E-state index in [1.165, 1.54) is 41.5 Å². The number of rotatable bonds is 2. The van der Waals surface area contributed by atoms with E-state index in [0.29, 0.717) is 0 Å². The third-order valence-electron chi connectivity index (χ3n) is 9.08. The first kappa shape index (κ1) is 25.8. The second-order valence-corrected chi connectivity index (χ2v) is 13.6. The number of nitrogens with zero attached hydrogens (tertiary/aromatic N) is 2. The van der Waals surface area contributed by atoms with Gasteiger partial charge in [-0.2, -0.15) is 0 Å². The minimum atomic E-state index is 0.140. The van der Waals surface area contributed by atoms with E-state index in [4.69, 9.17) is 13.1 Å². The van der Waals surface area contributed by atoms with Crippen LogP contribution in [0.3, 0.4) is 0 Å². The van der Waals surface area contributed by atoms with Crippen molar-refractivity contribution in [2.24, 2.45) is 0 Å². The molecule has 0 amide bonds. The van der Waals surface area contributed by atoms with Gasteiger partial charge in [0.25, 0.3) is 0 Å². The van der Waals surface area contributed by atoms with Crippen molar-refractivity contribution >= 4 is 88.3 Å². The number of hydrogen-bond donors (Lipinski definition) is 0. The van der Waals surface area contributed by atoms with Crippen molar-refractivity contribution in [1.82, 2.24) is 0 Å². The Labute approximate surface area is 265 Å². The van der Waals surface area contributed by atoms with Crippen LogP contribution < -0.4 is 0 Å². The molecule has 1 aromatic heterocycles. The number of hydrogen-bond acceptors (Lipinski definition) is 0. The van der Waals surface area contributed by atoms with Crippen LogP contribution in [0.4, 0.5) is 11.4 Å². The Kier molecular flexibility index (Phi) is 5.68. The van der Waals surface area contributed by atoms with Crippen LogP contribution in [0.5, 0.6) is 0 Å². The Morgan fingerprint density at radius 3 is 1.36 bits per heavy atom. The van der Waals surface area contributed by atoms with Crippen LogP contribution in [0.15, 0.2) is 133 Å². The van der Waals surface area contributed by atoms with Gasteiger partial charge in [-0.3, -0.25) is 0 Å². The summed E-state index contributed by atoms with van der Waals surface area (Å²) in [7, 11) is 0. The second-order valence-electron chi connectivity index (χ2n) is 11.3. The summed E-state index contributed by atoms with van der Waals surface area (Å²) < 4.78 is 2.75. The average molecular weight is 634 g/mol. The first-order valence-electron chi connectivity index (χ1n) is 14.8. The van der Waals surface area contributed by atoms with Gasteiger partial charge < -0.3 is 0 Å². The molecule has 0 aliphatic carbocycles. The third kappa shape index (κ3) is 3.67. The van der Waals surface area contributed by atoms with E-state index in [1.54, 1.807) is 0 Å². The average Bonchev–Trinajstić information content (AvgIpc) is 3.47. The Morgan fingerprint density at radius 1 is 0.400 bits per heavy atom. The quantitative estimate of drug-likeness (QED) is 0.102. The molecule has 9 aromatic rings. The Morgan fingerprint density at radius 2 is 0.867 bits per heavy atom. The van der Waals surface area contributed by atoms with Gasteiger partial charge in [-0.25, -0.2) is 0 Å². The standard InChI is InChI=1S/C42H22N2Se/c1-43-41-30-16-7-3-12-26(30)38(27-13-4-8-17-31(27)41)25-22-23-34-37(24-25)45-36-21-11-20-35(40(34)36)39-28-14-5-9-18-32(28)42(44-2)33-19-10-6-15-29(33)39/h3-24H. The van der Waals surface area contributed by atoms with Crippen molar-refractivity contribution in [3.05, 3.63) is 156 Å². The summed E-state index contributed by atoms with van der Waals surface area (Å²) >= 11 is 0.140. The molecule has 0 N–H and O–H groups in total. The summed E-state index contributed by atoms with van der Waals surface area (Å²) in [4.78, 5) is 7.98. The second kappa shape index (κ2) is 9.92. The van der Waals surface area contributed by atoms with Crippen molar-refractivity contribution in [2.45, 2.75) is 0 Å². The van der Waals surface area contributed by atoms with Gasteiger partial charge in [-0.15, -0.1) is 0 Å².